The Hall–Kier alpha value is -0.610. The predicted octanol–water partition coefficient (Wildman–Crippen LogP) is 3.21. The van der Waals surface area contributed by atoms with Gasteiger partial charge in [-0.1, -0.05) is 26.7 Å². The second-order valence-corrected chi connectivity index (χ2v) is 7.59. The SMILES string of the molecule is CCC(OC1CCCC(C)C1)C(=O)N1CCC(CCNC)CC1. The minimum absolute atomic E-state index is 0.223. The number of hydrogen-bond acceptors (Lipinski definition) is 3. The minimum atomic E-state index is -0.223. The number of amides is 1. The molecule has 2 fully saturated rings. The van der Waals surface area contributed by atoms with Crippen LogP contribution in [-0.2, 0) is 9.53 Å². The summed E-state index contributed by atoms with van der Waals surface area (Å²) in [6, 6.07) is 0. The highest BCUT2D eigenvalue weighted by Gasteiger charge is 2.30. The average Bonchev–Trinajstić information content (AvgIpc) is 2.58. The molecule has 2 rings (SSSR count). The van der Waals surface area contributed by atoms with Gasteiger partial charge in [-0.25, -0.2) is 0 Å². The first-order chi connectivity index (χ1) is 11.1. The quantitative estimate of drug-likeness (QED) is 0.782. The van der Waals surface area contributed by atoms with Crippen LogP contribution in [-0.4, -0.2) is 49.7 Å². The summed E-state index contributed by atoms with van der Waals surface area (Å²) in [7, 11) is 2.01. The first-order valence-corrected chi connectivity index (χ1v) is 9.72. The molecule has 0 spiro atoms. The molecule has 4 nitrogen and oxygen atoms in total. The van der Waals surface area contributed by atoms with E-state index in [0.717, 1.165) is 63.6 Å². The van der Waals surface area contributed by atoms with Gasteiger partial charge in [0.15, 0.2) is 0 Å². The van der Waals surface area contributed by atoms with Crippen LogP contribution in [0.15, 0.2) is 0 Å². The van der Waals surface area contributed by atoms with E-state index >= 15 is 0 Å². The van der Waals surface area contributed by atoms with E-state index in [1.54, 1.807) is 0 Å². The fourth-order valence-corrected chi connectivity index (χ4v) is 4.06. The van der Waals surface area contributed by atoms with E-state index in [-0.39, 0.29) is 12.0 Å². The van der Waals surface area contributed by atoms with Crippen molar-refractivity contribution in [3.8, 4) is 0 Å². The lowest BCUT2D eigenvalue weighted by molar-refractivity contribution is -0.151. The van der Waals surface area contributed by atoms with Crippen molar-refractivity contribution in [2.24, 2.45) is 11.8 Å². The Bertz CT molecular complexity index is 353. The van der Waals surface area contributed by atoms with Crippen molar-refractivity contribution in [1.29, 1.82) is 0 Å². The first-order valence-electron chi connectivity index (χ1n) is 9.72. The number of rotatable bonds is 7. The molecular formula is C19H36N2O2. The molecule has 1 amide bonds. The van der Waals surface area contributed by atoms with Crippen LogP contribution in [0.4, 0.5) is 0 Å². The van der Waals surface area contributed by atoms with Gasteiger partial charge in [0.1, 0.15) is 6.10 Å². The Kier molecular flexibility index (Phi) is 7.84. The predicted molar refractivity (Wildman–Crippen MR) is 94.4 cm³/mol. The highest BCUT2D eigenvalue weighted by Crippen LogP contribution is 2.28. The van der Waals surface area contributed by atoms with Crippen molar-refractivity contribution in [3.63, 3.8) is 0 Å². The summed E-state index contributed by atoms with van der Waals surface area (Å²) in [5, 5.41) is 3.22. The molecule has 3 atom stereocenters. The largest absolute Gasteiger partial charge is 0.365 e. The molecule has 23 heavy (non-hydrogen) atoms. The number of carbonyl (C=O) groups is 1. The Morgan fingerprint density at radius 3 is 2.61 bits per heavy atom. The number of carbonyl (C=O) groups excluding carboxylic acids is 1. The second-order valence-electron chi connectivity index (χ2n) is 7.59. The molecule has 2 aliphatic rings. The molecule has 0 aromatic carbocycles. The van der Waals surface area contributed by atoms with Gasteiger partial charge < -0.3 is 15.0 Å². The van der Waals surface area contributed by atoms with E-state index in [4.69, 9.17) is 4.74 Å². The molecule has 4 heteroatoms. The van der Waals surface area contributed by atoms with Gasteiger partial charge in [-0.05, 0) is 64.0 Å². The zero-order valence-corrected chi connectivity index (χ0v) is 15.4. The maximum absolute atomic E-state index is 12.8. The van der Waals surface area contributed by atoms with Crippen LogP contribution >= 0.6 is 0 Å². The van der Waals surface area contributed by atoms with E-state index in [1.165, 1.54) is 19.3 Å². The van der Waals surface area contributed by atoms with Gasteiger partial charge in [-0.15, -0.1) is 0 Å². The van der Waals surface area contributed by atoms with Gasteiger partial charge in [0.2, 0.25) is 0 Å². The maximum atomic E-state index is 12.8. The lowest BCUT2D eigenvalue weighted by Crippen LogP contribution is -2.46. The zero-order valence-electron chi connectivity index (χ0n) is 15.4. The van der Waals surface area contributed by atoms with E-state index in [2.05, 4.69) is 24.1 Å². The van der Waals surface area contributed by atoms with Crippen LogP contribution in [0.5, 0.6) is 0 Å². The maximum Gasteiger partial charge on any atom is 0.251 e. The van der Waals surface area contributed by atoms with Gasteiger partial charge in [0, 0.05) is 13.1 Å². The van der Waals surface area contributed by atoms with Crippen LogP contribution < -0.4 is 5.32 Å². The third kappa shape index (κ3) is 5.75. The zero-order chi connectivity index (χ0) is 16.7. The molecular weight excluding hydrogens is 288 g/mol. The Morgan fingerprint density at radius 2 is 2.00 bits per heavy atom. The molecule has 0 radical (unpaired) electrons. The summed E-state index contributed by atoms with van der Waals surface area (Å²) in [5.41, 5.74) is 0. The molecule has 1 saturated heterocycles. The highest BCUT2D eigenvalue weighted by molar-refractivity contribution is 5.81. The fourth-order valence-electron chi connectivity index (χ4n) is 4.06. The molecule has 1 heterocycles. The summed E-state index contributed by atoms with van der Waals surface area (Å²) in [6.45, 7) is 7.28. The molecule has 0 aromatic rings. The summed E-state index contributed by atoms with van der Waals surface area (Å²) < 4.78 is 6.22. The number of nitrogens with zero attached hydrogens (tertiary/aromatic N) is 1. The van der Waals surface area contributed by atoms with Gasteiger partial charge in [0.25, 0.3) is 5.91 Å². The molecule has 1 N–H and O–H groups in total. The minimum Gasteiger partial charge on any atom is -0.365 e. The molecule has 1 aliphatic carbocycles. The molecule has 1 saturated carbocycles. The van der Waals surface area contributed by atoms with Gasteiger partial charge >= 0.3 is 0 Å². The van der Waals surface area contributed by atoms with Crippen LogP contribution in [0, 0.1) is 11.8 Å². The van der Waals surface area contributed by atoms with E-state index in [9.17, 15) is 4.79 Å². The summed E-state index contributed by atoms with van der Waals surface area (Å²) >= 11 is 0. The smallest absolute Gasteiger partial charge is 0.251 e. The Balaban J connectivity index is 1.78. The molecule has 134 valence electrons. The van der Waals surface area contributed by atoms with Crippen molar-refractivity contribution in [3.05, 3.63) is 0 Å². The van der Waals surface area contributed by atoms with E-state index in [1.807, 2.05) is 7.05 Å². The van der Waals surface area contributed by atoms with E-state index < -0.39 is 0 Å². The van der Waals surface area contributed by atoms with Crippen molar-refractivity contribution >= 4 is 5.91 Å². The fraction of sp³-hybridized carbons (Fsp3) is 0.947. The first kappa shape index (κ1) is 18.7. The van der Waals surface area contributed by atoms with Crippen molar-refractivity contribution in [1.82, 2.24) is 10.2 Å². The number of ether oxygens (including phenoxy) is 1. The van der Waals surface area contributed by atoms with Crippen molar-refractivity contribution in [2.45, 2.75) is 77.4 Å². The third-order valence-corrected chi connectivity index (χ3v) is 5.62. The lowest BCUT2D eigenvalue weighted by Gasteiger charge is -2.36. The molecule has 3 unspecified atom stereocenters. The average molecular weight is 325 g/mol. The molecule has 0 bridgehead atoms. The summed E-state index contributed by atoms with van der Waals surface area (Å²) in [5.74, 6) is 1.74. The summed E-state index contributed by atoms with van der Waals surface area (Å²) in [6.07, 6.45) is 9.18. The lowest BCUT2D eigenvalue weighted by atomic mass is 9.88. The van der Waals surface area contributed by atoms with Crippen molar-refractivity contribution < 1.29 is 9.53 Å². The monoisotopic (exact) mass is 324 g/mol. The van der Waals surface area contributed by atoms with E-state index in [0.29, 0.717) is 6.10 Å². The normalized spacial score (nSPS) is 27.9. The summed E-state index contributed by atoms with van der Waals surface area (Å²) in [4.78, 5) is 14.8. The van der Waals surface area contributed by atoms with Gasteiger partial charge in [0.05, 0.1) is 6.10 Å². The third-order valence-electron chi connectivity index (χ3n) is 5.62. The molecule has 0 aromatic heterocycles. The van der Waals surface area contributed by atoms with Crippen LogP contribution in [0.3, 0.4) is 0 Å². The number of likely N-dealkylation sites (tertiary alicyclic amines) is 1. The topological polar surface area (TPSA) is 41.6 Å². The van der Waals surface area contributed by atoms with Crippen LogP contribution in [0.2, 0.25) is 0 Å². The highest BCUT2D eigenvalue weighted by atomic mass is 16.5. The number of piperidine rings is 1. The Labute approximate surface area is 142 Å². The Morgan fingerprint density at radius 1 is 1.26 bits per heavy atom. The van der Waals surface area contributed by atoms with Crippen molar-refractivity contribution in [2.75, 3.05) is 26.7 Å². The number of hydrogen-bond donors (Lipinski definition) is 1. The standard InChI is InChI=1S/C19H36N2O2/c1-4-18(23-17-7-5-6-15(2)14-17)19(22)21-12-9-16(10-13-21)8-11-20-3/h15-18,20H,4-14H2,1-3H3. The van der Waals surface area contributed by atoms with Gasteiger partial charge in [-0.2, -0.15) is 0 Å². The van der Waals surface area contributed by atoms with Crippen LogP contribution in [0.1, 0.15) is 65.2 Å². The van der Waals surface area contributed by atoms with Crippen LogP contribution in [0.25, 0.3) is 0 Å². The number of nitrogens with one attached hydrogen (secondary N) is 1. The van der Waals surface area contributed by atoms with Gasteiger partial charge in [-0.3, -0.25) is 4.79 Å². The second kappa shape index (κ2) is 9.63. The molecule has 1 aliphatic heterocycles.